The predicted octanol–water partition coefficient (Wildman–Crippen LogP) is 3.90. The number of nitrogens with one attached hydrogen (secondary N) is 1. The fraction of sp³-hybridized carbons (Fsp3) is 0.444. The van der Waals surface area contributed by atoms with E-state index in [1.165, 1.54) is 25.7 Å². The van der Waals surface area contributed by atoms with Gasteiger partial charge < -0.3 is 14.6 Å². The fourth-order valence-corrected chi connectivity index (χ4v) is 4.25. The molecule has 2 unspecified atom stereocenters. The van der Waals surface area contributed by atoms with Gasteiger partial charge in [0.05, 0.1) is 11.7 Å². The van der Waals surface area contributed by atoms with Crippen molar-refractivity contribution in [1.82, 2.24) is 15.2 Å². The molecule has 0 spiro atoms. The molecule has 1 aliphatic heterocycles. The first kappa shape index (κ1) is 14.7. The molecule has 3 heterocycles. The molecule has 1 saturated carbocycles. The Morgan fingerprint density at radius 1 is 1.22 bits per heavy atom. The minimum absolute atomic E-state index is 0.0369. The summed E-state index contributed by atoms with van der Waals surface area (Å²) in [5.74, 6) is 1.90. The summed E-state index contributed by atoms with van der Waals surface area (Å²) in [6.07, 6.45) is 6.80. The van der Waals surface area contributed by atoms with E-state index in [2.05, 4.69) is 27.3 Å². The van der Waals surface area contributed by atoms with Crippen molar-refractivity contribution in [3.63, 3.8) is 0 Å². The maximum atomic E-state index is 5.99. The molecule has 0 amide bonds. The zero-order valence-corrected chi connectivity index (χ0v) is 14.1. The second kappa shape index (κ2) is 5.96. The predicted molar refractivity (Wildman–Crippen MR) is 93.0 cm³/mol. The summed E-state index contributed by atoms with van der Waals surface area (Å²) in [5, 5.41) is 4.32. The van der Waals surface area contributed by atoms with Gasteiger partial charge in [-0.15, -0.1) is 0 Å². The summed E-state index contributed by atoms with van der Waals surface area (Å²) in [7, 11) is 0. The monoisotopic (exact) mass is 327 g/mol. The van der Waals surface area contributed by atoms with Crippen LogP contribution in [0.4, 0.5) is 0 Å². The van der Waals surface area contributed by atoms with Crippen LogP contribution in [-0.4, -0.2) is 21.0 Å². The minimum atomic E-state index is 0.0369. The van der Waals surface area contributed by atoms with Crippen molar-refractivity contribution in [3.8, 4) is 0 Å². The number of hydrogen-bond acceptors (Lipinski definition) is 3. The molecule has 2 aromatic rings. The maximum absolute atomic E-state index is 5.99. The quantitative estimate of drug-likeness (QED) is 0.866. The molecule has 0 radical (unpaired) electrons. The molecule has 1 aliphatic carbocycles. The number of aromatic nitrogens is 1. The Kier molecular flexibility index (Phi) is 3.81. The first-order valence-corrected chi connectivity index (χ1v) is 8.71. The van der Waals surface area contributed by atoms with Gasteiger partial charge in [0.2, 0.25) is 0 Å². The van der Waals surface area contributed by atoms with Crippen LogP contribution in [0.25, 0.3) is 0 Å². The van der Waals surface area contributed by atoms with Gasteiger partial charge in [-0.1, -0.05) is 18.9 Å². The lowest BCUT2D eigenvalue weighted by Crippen LogP contribution is -2.37. The summed E-state index contributed by atoms with van der Waals surface area (Å²) in [6.45, 7) is 1.99. The van der Waals surface area contributed by atoms with Gasteiger partial charge in [0.1, 0.15) is 17.6 Å². The molecule has 2 atom stereocenters. The van der Waals surface area contributed by atoms with E-state index < -0.39 is 0 Å². The van der Waals surface area contributed by atoms with Crippen molar-refractivity contribution in [3.05, 3.63) is 53.7 Å². The zero-order valence-electron chi connectivity index (χ0n) is 13.2. The number of aryl methyl sites for hydroxylation is 1. The molecule has 4 nitrogen and oxygen atoms in total. The highest BCUT2D eigenvalue weighted by molar-refractivity contribution is 7.80. The molecular formula is C18H21N3OS. The summed E-state index contributed by atoms with van der Waals surface area (Å²) in [5.41, 5.74) is 1.01. The van der Waals surface area contributed by atoms with Crippen molar-refractivity contribution in [2.75, 3.05) is 0 Å². The van der Waals surface area contributed by atoms with Crippen LogP contribution in [-0.2, 0) is 0 Å². The van der Waals surface area contributed by atoms with E-state index >= 15 is 0 Å². The minimum Gasteiger partial charge on any atom is -0.464 e. The summed E-state index contributed by atoms with van der Waals surface area (Å²) >= 11 is 5.68. The van der Waals surface area contributed by atoms with E-state index in [9.17, 15) is 0 Å². The largest absolute Gasteiger partial charge is 0.464 e. The Balaban J connectivity index is 1.75. The van der Waals surface area contributed by atoms with Gasteiger partial charge >= 0.3 is 0 Å². The van der Waals surface area contributed by atoms with Gasteiger partial charge in [0.15, 0.2) is 5.11 Å². The normalized spacial score (nSPS) is 25.1. The molecule has 2 aromatic heterocycles. The molecule has 23 heavy (non-hydrogen) atoms. The Morgan fingerprint density at radius 2 is 2.04 bits per heavy atom. The van der Waals surface area contributed by atoms with Gasteiger partial charge in [-0.25, -0.2) is 0 Å². The summed E-state index contributed by atoms with van der Waals surface area (Å²) in [6, 6.07) is 10.7. The second-order valence-corrected chi connectivity index (χ2v) is 6.81. The number of hydrogen-bond donors (Lipinski definition) is 1. The first-order valence-electron chi connectivity index (χ1n) is 8.30. The molecule has 0 aromatic carbocycles. The standard InChI is InChI=1S/C18H21N3OS/c1-12-9-10-15(22-12)17-16(14-8-4-5-11-19-14)20-18(23)21(17)13-6-2-3-7-13/h4-5,8-11,13,16-17H,2-3,6-7H2,1H3,(H,20,23). The Hall–Kier alpha value is -1.88. The highest BCUT2D eigenvalue weighted by atomic mass is 32.1. The third kappa shape index (κ3) is 2.63. The lowest BCUT2D eigenvalue weighted by atomic mass is 10.0. The lowest BCUT2D eigenvalue weighted by molar-refractivity contribution is 0.215. The van der Waals surface area contributed by atoms with Crippen LogP contribution in [0.3, 0.4) is 0 Å². The van der Waals surface area contributed by atoms with E-state index in [0.717, 1.165) is 22.3 Å². The van der Waals surface area contributed by atoms with E-state index in [4.69, 9.17) is 16.6 Å². The highest BCUT2D eigenvalue weighted by Crippen LogP contribution is 2.43. The molecule has 120 valence electrons. The van der Waals surface area contributed by atoms with Crippen molar-refractivity contribution >= 4 is 17.3 Å². The number of thiocarbonyl (C=S) groups is 1. The third-order valence-electron chi connectivity index (χ3n) is 4.91. The Labute approximate surface area is 141 Å². The van der Waals surface area contributed by atoms with Gasteiger partial charge in [-0.05, 0) is 56.2 Å². The van der Waals surface area contributed by atoms with Crippen LogP contribution in [0.15, 0.2) is 40.9 Å². The molecule has 4 rings (SSSR count). The van der Waals surface area contributed by atoms with Gasteiger partial charge in [0.25, 0.3) is 0 Å². The summed E-state index contributed by atoms with van der Waals surface area (Å²) < 4.78 is 5.99. The van der Waals surface area contributed by atoms with Crippen molar-refractivity contribution in [2.45, 2.75) is 50.7 Å². The van der Waals surface area contributed by atoms with Crippen LogP contribution in [0, 0.1) is 6.92 Å². The number of pyridine rings is 1. The lowest BCUT2D eigenvalue weighted by Gasteiger charge is -2.31. The maximum Gasteiger partial charge on any atom is 0.170 e. The first-order chi connectivity index (χ1) is 11.2. The number of rotatable bonds is 3. The van der Waals surface area contributed by atoms with Crippen LogP contribution in [0.2, 0.25) is 0 Å². The van der Waals surface area contributed by atoms with Crippen molar-refractivity contribution < 1.29 is 4.42 Å². The van der Waals surface area contributed by atoms with Gasteiger partial charge in [-0.3, -0.25) is 4.98 Å². The SMILES string of the molecule is Cc1ccc(C2C(c3ccccn3)NC(=S)N2C2CCCC2)o1. The van der Waals surface area contributed by atoms with Crippen LogP contribution in [0.1, 0.15) is 55.0 Å². The van der Waals surface area contributed by atoms with Crippen molar-refractivity contribution in [1.29, 1.82) is 0 Å². The average Bonchev–Trinajstić information content (AvgIpc) is 3.27. The topological polar surface area (TPSA) is 41.3 Å². The summed E-state index contributed by atoms with van der Waals surface area (Å²) in [4.78, 5) is 6.91. The van der Waals surface area contributed by atoms with Crippen LogP contribution >= 0.6 is 12.2 Å². The molecule has 1 saturated heterocycles. The molecule has 2 aliphatic rings. The van der Waals surface area contributed by atoms with Crippen molar-refractivity contribution in [2.24, 2.45) is 0 Å². The Morgan fingerprint density at radius 3 is 2.70 bits per heavy atom. The van der Waals surface area contributed by atoms with E-state index in [0.29, 0.717) is 6.04 Å². The zero-order chi connectivity index (χ0) is 15.8. The smallest absolute Gasteiger partial charge is 0.170 e. The third-order valence-corrected chi connectivity index (χ3v) is 5.23. The van der Waals surface area contributed by atoms with E-state index in [-0.39, 0.29) is 12.1 Å². The van der Waals surface area contributed by atoms with E-state index in [1.54, 1.807) is 0 Å². The average molecular weight is 327 g/mol. The van der Waals surface area contributed by atoms with Gasteiger partial charge in [0, 0.05) is 12.2 Å². The second-order valence-electron chi connectivity index (χ2n) is 6.42. The van der Waals surface area contributed by atoms with Crippen LogP contribution < -0.4 is 5.32 Å². The van der Waals surface area contributed by atoms with E-state index in [1.807, 2.05) is 31.3 Å². The molecule has 2 fully saturated rings. The molecular weight excluding hydrogens is 306 g/mol. The molecule has 5 heteroatoms. The Bertz CT molecular complexity index is 693. The highest BCUT2D eigenvalue weighted by Gasteiger charge is 2.45. The number of nitrogens with zero attached hydrogens (tertiary/aromatic N) is 2. The number of furan rings is 1. The molecule has 0 bridgehead atoms. The van der Waals surface area contributed by atoms with Crippen LogP contribution in [0.5, 0.6) is 0 Å². The van der Waals surface area contributed by atoms with Gasteiger partial charge in [-0.2, -0.15) is 0 Å². The molecule has 1 N–H and O–H groups in total. The fourth-order valence-electron chi connectivity index (χ4n) is 3.86.